The first-order valence-corrected chi connectivity index (χ1v) is 10.1. The molecule has 2 heterocycles. The molecule has 2 amide bonds. The lowest BCUT2D eigenvalue weighted by atomic mass is 10.1. The Bertz CT molecular complexity index is 1280. The van der Waals surface area contributed by atoms with Gasteiger partial charge in [0.1, 0.15) is 11.5 Å². The van der Waals surface area contributed by atoms with Crippen LogP contribution in [0.15, 0.2) is 70.0 Å². The normalized spacial score (nSPS) is 14.9. The lowest BCUT2D eigenvalue weighted by molar-refractivity contribution is -0.385. The molecule has 0 unspecified atom stereocenters. The molecule has 10 heteroatoms. The Morgan fingerprint density at radius 3 is 2.50 bits per heavy atom. The van der Waals surface area contributed by atoms with Crippen LogP contribution in [0.5, 0.6) is 0 Å². The van der Waals surface area contributed by atoms with Gasteiger partial charge in [0.15, 0.2) is 0 Å². The maximum atomic E-state index is 12.7. The quantitative estimate of drug-likeness (QED) is 0.322. The predicted octanol–water partition coefficient (Wildman–Crippen LogP) is 4.79. The van der Waals surface area contributed by atoms with Crippen LogP contribution in [0.2, 0.25) is 0 Å². The molecule has 1 N–H and O–H groups in total. The van der Waals surface area contributed by atoms with E-state index in [1.807, 2.05) is 0 Å². The van der Waals surface area contributed by atoms with Crippen LogP contribution in [-0.4, -0.2) is 32.0 Å². The van der Waals surface area contributed by atoms with E-state index in [2.05, 4.69) is 0 Å². The van der Waals surface area contributed by atoms with Gasteiger partial charge < -0.3 is 9.52 Å². The highest BCUT2D eigenvalue weighted by atomic mass is 32.2. The van der Waals surface area contributed by atoms with Gasteiger partial charge in [-0.1, -0.05) is 30.3 Å². The van der Waals surface area contributed by atoms with E-state index in [1.165, 1.54) is 36.4 Å². The highest BCUT2D eigenvalue weighted by molar-refractivity contribution is 8.18. The number of nitro groups is 1. The zero-order valence-electron chi connectivity index (χ0n) is 16.3. The van der Waals surface area contributed by atoms with Crippen LogP contribution in [0.3, 0.4) is 0 Å². The number of thioether (sulfide) groups is 1. The third-order valence-electron chi connectivity index (χ3n) is 4.71. The largest absolute Gasteiger partial charge is 0.478 e. The number of carbonyl (C=O) groups is 3. The van der Waals surface area contributed by atoms with Crippen molar-refractivity contribution in [1.29, 1.82) is 0 Å². The molecule has 1 saturated heterocycles. The minimum atomic E-state index is -1.03. The van der Waals surface area contributed by atoms with E-state index >= 15 is 0 Å². The SMILES string of the molecule is O=C(O)c1ccc(-c2ccc(/C=C3\SC(=O)N(Cc4ccccc4[N+](=O)[O-])C3=O)o2)cc1. The number of carboxylic acids is 1. The molecule has 2 aromatic carbocycles. The summed E-state index contributed by atoms with van der Waals surface area (Å²) in [4.78, 5) is 47.8. The number of carboxylic acid groups (broad SMARTS) is 1. The fraction of sp³-hybridized carbons (Fsp3) is 0.0455. The summed E-state index contributed by atoms with van der Waals surface area (Å²) in [6.07, 6.45) is 1.43. The molecule has 0 spiro atoms. The number of hydrogen-bond donors (Lipinski definition) is 1. The van der Waals surface area contributed by atoms with E-state index in [0.29, 0.717) is 17.1 Å². The number of rotatable bonds is 6. The molecule has 1 aromatic heterocycles. The third kappa shape index (κ3) is 4.16. The summed E-state index contributed by atoms with van der Waals surface area (Å²) in [5, 5.41) is 19.6. The molecule has 0 aliphatic carbocycles. The van der Waals surface area contributed by atoms with Gasteiger partial charge in [-0.3, -0.25) is 24.6 Å². The summed E-state index contributed by atoms with van der Waals surface area (Å²) < 4.78 is 5.71. The lowest BCUT2D eigenvalue weighted by Crippen LogP contribution is -2.27. The first-order chi connectivity index (χ1) is 15.3. The number of aromatic carboxylic acids is 1. The maximum Gasteiger partial charge on any atom is 0.335 e. The molecule has 32 heavy (non-hydrogen) atoms. The molecule has 0 radical (unpaired) electrons. The van der Waals surface area contributed by atoms with E-state index in [9.17, 15) is 24.5 Å². The van der Waals surface area contributed by atoms with Crippen LogP contribution in [0.1, 0.15) is 21.7 Å². The molecule has 3 aromatic rings. The smallest absolute Gasteiger partial charge is 0.335 e. The summed E-state index contributed by atoms with van der Waals surface area (Å²) in [6, 6.07) is 15.3. The Morgan fingerprint density at radius 1 is 1.09 bits per heavy atom. The van der Waals surface area contributed by atoms with Gasteiger partial charge >= 0.3 is 5.97 Å². The highest BCUT2D eigenvalue weighted by Crippen LogP contribution is 2.35. The van der Waals surface area contributed by atoms with Crippen molar-refractivity contribution in [1.82, 2.24) is 4.90 Å². The molecule has 0 bridgehead atoms. The zero-order valence-corrected chi connectivity index (χ0v) is 17.1. The molecule has 9 nitrogen and oxygen atoms in total. The van der Waals surface area contributed by atoms with Gasteiger partial charge in [-0.05, 0) is 36.0 Å². The van der Waals surface area contributed by atoms with Crippen LogP contribution in [0, 0.1) is 10.1 Å². The fourth-order valence-electron chi connectivity index (χ4n) is 3.12. The Labute approximate surface area is 185 Å². The van der Waals surface area contributed by atoms with Crippen molar-refractivity contribution >= 4 is 40.6 Å². The number of benzene rings is 2. The first-order valence-electron chi connectivity index (χ1n) is 9.24. The van der Waals surface area contributed by atoms with E-state index in [1.54, 1.807) is 30.3 Å². The summed E-state index contributed by atoms with van der Waals surface area (Å²) >= 11 is 0.724. The highest BCUT2D eigenvalue weighted by Gasteiger charge is 2.36. The van der Waals surface area contributed by atoms with Crippen molar-refractivity contribution < 1.29 is 28.8 Å². The second-order valence-corrected chi connectivity index (χ2v) is 7.73. The van der Waals surface area contributed by atoms with Gasteiger partial charge in [-0.25, -0.2) is 4.79 Å². The van der Waals surface area contributed by atoms with Gasteiger partial charge in [0, 0.05) is 23.3 Å². The molecular weight excluding hydrogens is 436 g/mol. The monoisotopic (exact) mass is 450 g/mol. The van der Waals surface area contributed by atoms with Crippen molar-refractivity contribution in [2.45, 2.75) is 6.54 Å². The van der Waals surface area contributed by atoms with Crippen LogP contribution in [-0.2, 0) is 11.3 Å². The van der Waals surface area contributed by atoms with Crippen molar-refractivity contribution in [2.24, 2.45) is 0 Å². The molecule has 4 rings (SSSR count). The number of para-hydroxylation sites is 1. The summed E-state index contributed by atoms with van der Waals surface area (Å²) in [5.41, 5.74) is 0.887. The predicted molar refractivity (Wildman–Crippen MR) is 116 cm³/mol. The number of nitrogens with zero attached hydrogens (tertiary/aromatic N) is 2. The second-order valence-electron chi connectivity index (χ2n) is 6.74. The number of nitro benzene ring substituents is 1. The Hall–Kier alpha value is -4.18. The lowest BCUT2D eigenvalue weighted by Gasteiger charge is -2.12. The molecular formula is C22H14N2O7S. The van der Waals surface area contributed by atoms with E-state index in [-0.39, 0.29) is 28.3 Å². The Balaban J connectivity index is 1.54. The van der Waals surface area contributed by atoms with Crippen molar-refractivity contribution in [3.05, 3.63) is 92.6 Å². The third-order valence-corrected chi connectivity index (χ3v) is 5.61. The molecule has 0 saturated carbocycles. The zero-order chi connectivity index (χ0) is 22.8. The van der Waals surface area contributed by atoms with Crippen molar-refractivity contribution in [3.8, 4) is 11.3 Å². The molecule has 1 aliphatic rings. The van der Waals surface area contributed by atoms with Gasteiger partial charge in [0.25, 0.3) is 16.8 Å². The summed E-state index contributed by atoms with van der Waals surface area (Å²) in [6.45, 7) is -0.210. The number of amides is 2. The Kier molecular flexibility index (Phi) is 5.61. The standard InChI is InChI=1S/C22H14N2O7S/c25-20-19(32-22(28)23(20)12-15-3-1-2-4-17(15)24(29)30)11-16-9-10-18(31-16)13-5-7-14(8-6-13)21(26)27/h1-11H,12H2,(H,26,27)/b19-11-. The molecule has 1 fully saturated rings. The van der Waals surface area contributed by atoms with Gasteiger partial charge in [0.2, 0.25) is 0 Å². The van der Waals surface area contributed by atoms with Gasteiger partial charge in [-0.2, -0.15) is 0 Å². The first kappa shape index (κ1) is 21.1. The average Bonchev–Trinajstić information content (AvgIpc) is 3.34. The Morgan fingerprint density at radius 2 is 1.81 bits per heavy atom. The van der Waals surface area contributed by atoms with E-state index in [4.69, 9.17) is 9.52 Å². The van der Waals surface area contributed by atoms with Crippen molar-refractivity contribution in [2.75, 3.05) is 0 Å². The molecule has 160 valence electrons. The van der Waals surface area contributed by atoms with E-state index < -0.39 is 22.0 Å². The van der Waals surface area contributed by atoms with Crippen LogP contribution in [0.4, 0.5) is 10.5 Å². The van der Waals surface area contributed by atoms with Gasteiger partial charge in [0.05, 0.1) is 21.9 Å². The summed E-state index contributed by atoms with van der Waals surface area (Å²) in [5.74, 6) is -0.805. The second kappa shape index (κ2) is 8.52. The topological polar surface area (TPSA) is 131 Å². The minimum Gasteiger partial charge on any atom is -0.478 e. The number of furan rings is 1. The van der Waals surface area contributed by atoms with Crippen LogP contribution in [0.25, 0.3) is 17.4 Å². The number of hydrogen-bond acceptors (Lipinski definition) is 7. The van der Waals surface area contributed by atoms with Gasteiger partial charge in [-0.15, -0.1) is 0 Å². The fourth-order valence-corrected chi connectivity index (χ4v) is 3.94. The van der Waals surface area contributed by atoms with E-state index in [0.717, 1.165) is 16.7 Å². The van der Waals surface area contributed by atoms with Crippen molar-refractivity contribution in [3.63, 3.8) is 0 Å². The number of carbonyl (C=O) groups excluding carboxylic acids is 2. The van der Waals surface area contributed by atoms with Crippen LogP contribution < -0.4 is 0 Å². The number of imide groups is 1. The maximum absolute atomic E-state index is 12.7. The average molecular weight is 450 g/mol. The molecule has 1 aliphatic heterocycles. The molecule has 0 atom stereocenters. The minimum absolute atomic E-state index is 0.135. The summed E-state index contributed by atoms with van der Waals surface area (Å²) in [7, 11) is 0. The van der Waals surface area contributed by atoms with Crippen LogP contribution >= 0.6 is 11.8 Å².